The Morgan fingerprint density at radius 3 is 1.70 bits per heavy atom. The molecular weight excluding hydrogens is 428 g/mol. The minimum absolute atomic E-state index is 0.0761. The van der Waals surface area contributed by atoms with Gasteiger partial charge in [0, 0.05) is 32.3 Å². The molecule has 0 heterocycles. The lowest BCUT2D eigenvalue weighted by Gasteiger charge is -2.31. The van der Waals surface area contributed by atoms with E-state index in [1.165, 1.54) is 13.8 Å². The average Bonchev–Trinajstić information content (AvgIpc) is 2.76. The summed E-state index contributed by atoms with van der Waals surface area (Å²) in [4.78, 5) is 44.6. The topological polar surface area (TPSA) is 97.4 Å². The van der Waals surface area contributed by atoms with Crippen molar-refractivity contribution >= 4 is 17.9 Å². The molecule has 0 aliphatic carbocycles. The van der Waals surface area contributed by atoms with E-state index in [2.05, 4.69) is 0 Å². The van der Waals surface area contributed by atoms with Crippen LogP contribution < -0.4 is 9.47 Å². The Labute approximate surface area is 193 Å². The molecule has 2 aromatic rings. The van der Waals surface area contributed by atoms with Gasteiger partial charge in [-0.15, -0.1) is 0 Å². The molecule has 0 bridgehead atoms. The standard InChI is InChI=1S/C25H30O8/c1-6-29-19(4)32-33-24(28)15-16-25(5,20-7-11-22(12-8-20)30-17(2)26)21-9-13-23(14-10-21)31-18(3)27/h7-14,19H,6,15-16H2,1-5H3. The molecule has 8 nitrogen and oxygen atoms in total. The Kier molecular flexibility index (Phi) is 9.57. The molecule has 0 aliphatic rings. The fraction of sp³-hybridized carbons (Fsp3) is 0.400. The SMILES string of the molecule is CCOC(C)OOC(=O)CCC(C)(c1ccc(OC(C)=O)cc1)c1ccc(OC(C)=O)cc1. The molecule has 0 spiro atoms. The number of carbonyl (C=O) groups is 3. The van der Waals surface area contributed by atoms with Crippen molar-refractivity contribution in [2.45, 2.75) is 59.2 Å². The molecule has 0 saturated heterocycles. The summed E-state index contributed by atoms with van der Waals surface area (Å²) in [6.07, 6.45) is -0.182. The second-order valence-electron chi connectivity index (χ2n) is 7.64. The first-order valence-corrected chi connectivity index (χ1v) is 10.7. The average molecular weight is 459 g/mol. The largest absolute Gasteiger partial charge is 0.427 e. The quantitative estimate of drug-likeness (QED) is 0.160. The Bertz CT molecular complexity index is 874. The monoisotopic (exact) mass is 458 g/mol. The van der Waals surface area contributed by atoms with Crippen LogP contribution in [0, 0.1) is 0 Å². The molecule has 0 aliphatic heterocycles. The fourth-order valence-corrected chi connectivity index (χ4v) is 3.35. The summed E-state index contributed by atoms with van der Waals surface area (Å²) < 4.78 is 15.4. The minimum Gasteiger partial charge on any atom is -0.427 e. The number of esters is 2. The highest BCUT2D eigenvalue weighted by molar-refractivity contribution is 5.70. The van der Waals surface area contributed by atoms with Crippen LogP contribution in [0.5, 0.6) is 11.5 Å². The van der Waals surface area contributed by atoms with Crippen LogP contribution >= 0.6 is 0 Å². The van der Waals surface area contributed by atoms with Gasteiger partial charge in [0.1, 0.15) is 11.5 Å². The van der Waals surface area contributed by atoms with Gasteiger partial charge in [-0.3, -0.25) is 14.5 Å². The third kappa shape index (κ3) is 8.00. The summed E-state index contributed by atoms with van der Waals surface area (Å²) in [5.74, 6) is -0.486. The van der Waals surface area contributed by atoms with Crippen LogP contribution in [0.3, 0.4) is 0 Å². The van der Waals surface area contributed by atoms with Crippen molar-refractivity contribution in [3.63, 3.8) is 0 Å². The van der Waals surface area contributed by atoms with E-state index in [-0.39, 0.29) is 6.42 Å². The second-order valence-corrected chi connectivity index (χ2v) is 7.64. The van der Waals surface area contributed by atoms with Crippen molar-refractivity contribution < 1.29 is 38.4 Å². The fourth-order valence-electron chi connectivity index (χ4n) is 3.35. The molecule has 2 rings (SSSR count). The molecule has 0 fully saturated rings. The van der Waals surface area contributed by atoms with Gasteiger partial charge < -0.3 is 14.2 Å². The number of benzene rings is 2. The molecule has 0 saturated carbocycles. The van der Waals surface area contributed by atoms with Crippen LogP contribution in [-0.2, 0) is 34.3 Å². The predicted octanol–water partition coefficient (Wildman–Crippen LogP) is 4.48. The molecule has 2 aromatic carbocycles. The first-order chi connectivity index (χ1) is 15.6. The first kappa shape index (κ1) is 26.0. The van der Waals surface area contributed by atoms with Gasteiger partial charge in [0.25, 0.3) is 0 Å². The maximum atomic E-state index is 12.3. The number of ether oxygens (including phenoxy) is 3. The maximum Gasteiger partial charge on any atom is 0.342 e. The normalized spacial score (nSPS) is 12.0. The zero-order valence-corrected chi connectivity index (χ0v) is 19.6. The van der Waals surface area contributed by atoms with E-state index >= 15 is 0 Å². The van der Waals surface area contributed by atoms with Gasteiger partial charge in [0.2, 0.25) is 0 Å². The van der Waals surface area contributed by atoms with Gasteiger partial charge in [-0.2, -0.15) is 4.89 Å². The first-order valence-electron chi connectivity index (χ1n) is 10.7. The summed E-state index contributed by atoms with van der Waals surface area (Å²) in [6, 6.07) is 14.2. The Hall–Kier alpha value is -3.23. The number of carbonyl (C=O) groups excluding carboxylic acids is 3. The van der Waals surface area contributed by atoms with Crippen molar-refractivity contribution in [2.24, 2.45) is 0 Å². The van der Waals surface area contributed by atoms with E-state index in [1.807, 2.05) is 38.1 Å². The lowest BCUT2D eigenvalue weighted by molar-refractivity contribution is -0.346. The van der Waals surface area contributed by atoms with Crippen molar-refractivity contribution in [3.8, 4) is 11.5 Å². The summed E-state index contributed by atoms with van der Waals surface area (Å²) in [5.41, 5.74) is 1.19. The number of rotatable bonds is 11. The highest BCUT2D eigenvalue weighted by Gasteiger charge is 2.30. The Balaban J connectivity index is 2.24. The molecule has 0 aromatic heterocycles. The van der Waals surface area contributed by atoms with Crippen molar-refractivity contribution in [1.82, 2.24) is 0 Å². The maximum absolute atomic E-state index is 12.3. The van der Waals surface area contributed by atoms with Crippen LogP contribution in [0.15, 0.2) is 48.5 Å². The van der Waals surface area contributed by atoms with Gasteiger partial charge in [-0.1, -0.05) is 31.2 Å². The van der Waals surface area contributed by atoms with E-state index < -0.39 is 29.6 Å². The van der Waals surface area contributed by atoms with Crippen LogP contribution in [0.25, 0.3) is 0 Å². The molecule has 1 atom stereocenters. The van der Waals surface area contributed by atoms with Gasteiger partial charge in [-0.25, -0.2) is 4.79 Å². The third-order valence-electron chi connectivity index (χ3n) is 5.01. The Morgan fingerprint density at radius 2 is 1.30 bits per heavy atom. The van der Waals surface area contributed by atoms with Crippen LogP contribution in [0.4, 0.5) is 0 Å². The van der Waals surface area contributed by atoms with Gasteiger partial charge in [0.15, 0.2) is 6.29 Å². The highest BCUT2D eigenvalue weighted by atomic mass is 17.2. The van der Waals surface area contributed by atoms with Crippen molar-refractivity contribution in [2.75, 3.05) is 6.61 Å². The van der Waals surface area contributed by atoms with E-state index in [0.717, 1.165) is 11.1 Å². The number of hydrogen-bond acceptors (Lipinski definition) is 8. The van der Waals surface area contributed by atoms with Crippen molar-refractivity contribution in [3.05, 3.63) is 59.7 Å². The third-order valence-corrected chi connectivity index (χ3v) is 5.01. The van der Waals surface area contributed by atoms with E-state index in [4.69, 9.17) is 24.0 Å². The molecular formula is C25H30O8. The minimum atomic E-state index is -0.659. The molecule has 0 radical (unpaired) electrons. The smallest absolute Gasteiger partial charge is 0.342 e. The lowest BCUT2D eigenvalue weighted by atomic mass is 9.73. The van der Waals surface area contributed by atoms with Gasteiger partial charge in [0.05, 0.1) is 0 Å². The van der Waals surface area contributed by atoms with Crippen LogP contribution in [0.1, 0.15) is 58.6 Å². The van der Waals surface area contributed by atoms with Crippen molar-refractivity contribution in [1.29, 1.82) is 0 Å². The molecule has 178 valence electrons. The summed E-state index contributed by atoms with van der Waals surface area (Å²) in [7, 11) is 0. The molecule has 33 heavy (non-hydrogen) atoms. The van der Waals surface area contributed by atoms with Gasteiger partial charge >= 0.3 is 17.9 Å². The van der Waals surface area contributed by atoms with Crippen LogP contribution in [0.2, 0.25) is 0 Å². The zero-order valence-electron chi connectivity index (χ0n) is 19.6. The second kappa shape index (κ2) is 12.1. The van der Waals surface area contributed by atoms with E-state index in [0.29, 0.717) is 24.5 Å². The molecule has 8 heteroatoms. The summed E-state index contributed by atoms with van der Waals surface area (Å²) in [5, 5.41) is 0. The highest BCUT2D eigenvalue weighted by Crippen LogP contribution is 2.38. The van der Waals surface area contributed by atoms with E-state index in [9.17, 15) is 14.4 Å². The molecule has 0 N–H and O–H groups in total. The Morgan fingerprint density at radius 1 is 0.848 bits per heavy atom. The van der Waals surface area contributed by atoms with Gasteiger partial charge in [-0.05, 0) is 55.7 Å². The predicted molar refractivity (Wildman–Crippen MR) is 119 cm³/mol. The number of hydrogen-bond donors (Lipinski definition) is 0. The molecule has 1 unspecified atom stereocenters. The summed E-state index contributed by atoms with van der Waals surface area (Å²) in [6.45, 7) is 8.55. The summed E-state index contributed by atoms with van der Waals surface area (Å²) >= 11 is 0. The lowest BCUT2D eigenvalue weighted by Crippen LogP contribution is -2.26. The molecule has 0 amide bonds. The van der Waals surface area contributed by atoms with E-state index in [1.54, 1.807) is 31.2 Å². The zero-order chi connectivity index (χ0) is 24.4. The van der Waals surface area contributed by atoms with Crippen LogP contribution in [-0.4, -0.2) is 30.8 Å².